The molecule has 0 atom stereocenters. The number of halogens is 2. The molecule has 3 rings (SSSR count). The van der Waals surface area contributed by atoms with Crippen LogP contribution >= 0.6 is 35.0 Å². The number of amides is 1. The van der Waals surface area contributed by atoms with E-state index in [1.54, 1.807) is 24.3 Å². The van der Waals surface area contributed by atoms with Crippen LogP contribution in [0.1, 0.15) is 17.5 Å². The summed E-state index contributed by atoms with van der Waals surface area (Å²) in [6.45, 7) is 2.03. The van der Waals surface area contributed by atoms with E-state index in [4.69, 9.17) is 23.2 Å². The minimum Gasteiger partial charge on any atom is -0.326 e. The number of carbonyl (C=O) groups is 1. The average Bonchev–Trinajstić information content (AvgIpc) is 2.67. The van der Waals surface area contributed by atoms with Gasteiger partial charge in [0.05, 0.1) is 11.3 Å². The van der Waals surface area contributed by atoms with Crippen LogP contribution in [0.15, 0.2) is 59.6 Å². The van der Waals surface area contributed by atoms with Crippen molar-refractivity contribution in [2.45, 2.75) is 18.4 Å². The van der Waals surface area contributed by atoms with Crippen molar-refractivity contribution in [3.63, 3.8) is 0 Å². The first kappa shape index (κ1) is 21.2. The van der Waals surface area contributed by atoms with Gasteiger partial charge >= 0.3 is 0 Å². The van der Waals surface area contributed by atoms with E-state index < -0.39 is 0 Å². The molecule has 7 heteroatoms. The summed E-state index contributed by atoms with van der Waals surface area (Å²) < 4.78 is 0. The zero-order valence-corrected chi connectivity index (χ0v) is 17.9. The summed E-state index contributed by atoms with van der Waals surface area (Å²) in [5.41, 5.74) is 3.99. The quantitative estimate of drug-likeness (QED) is 0.452. The summed E-state index contributed by atoms with van der Waals surface area (Å²) in [6.07, 6.45) is 0.260. The Bertz CT molecular complexity index is 1060. The Morgan fingerprint density at radius 1 is 1.10 bits per heavy atom. The highest BCUT2D eigenvalue weighted by Gasteiger charge is 2.10. The number of thioether (sulfide) groups is 1. The molecule has 29 heavy (non-hydrogen) atoms. The maximum Gasteiger partial charge on any atom is 0.225 e. The number of hydrogen-bond donors (Lipinski definition) is 1. The fourth-order valence-corrected chi connectivity index (χ4v) is 4.05. The lowest BCUT2D eigenvalue weighted by atomic mass is 10.1. The first-order chi connectivity index (χ1) is 13.9. The molecule has 0 aliphatic rings. The minimum atomic E-state index is -0.163. The Morgan fingerprint density at radius 3 is 2.45 bits per heavy atom. The third-order valence-electron chi connectivity index (χ3n) is 4.04. The number of hydrogen-bond acceptors (Lipinski definition) is 4. The Labute approximate surface area is 183 Å². The summed E-state index contributed by atoms with van der Waals surface area (Å²) in [5, 5.41) is 13.7. The molecule has 0 saturated heterocycles. The molecule has 1 heterocycles. The molecule has 1 N–H and O–H groups in total. The van der Waals surface area contributed by atoms with Crippen LogP contribution in [0.5, 0.6) is 0 Å². The van der Waals surface area contributed by atoms with Crippen molar-refractivity contribution in [2.75, 3.05) is 11.1 Å². The lowest BCUT2D eigenvalue weighted by molar-refractivity contribution is -0.115. The van der Waals surface area contributed by atoms with E-state index in [9.17, 15) is 10.1 Å². The second-order valence-corrected chi connectivity index (χ2v) is 8.29. The predicted molar refractivity (Wildman–Crippen MR) is 120 cm³/mol. The van der Waals surface area contributed by atoms with Gasteiger partial charge in [-0.05, 0) is 37.3 Å². The number of aromatic nitrogens is 1. The number of rotatable bonds is 6. The Balaban J connectivity index is 1.65. The molecule has 0 aliphatic heterocycles. The highest BCUT2D eigenvalue weighted by Crippen LogP contribution is 2.26. The molecule has 4 nitrogen and oxygen atoms in total. The van der Waals surface area contributed by atoms with Crippen molar-refractivity contribution in [2.24, 2.45) is 0 Å². The summed E-state index contributed by atoms with van der Waals surface area (Å²) >= 11 is 13.3. The number of pyridine rings is 1. The lowest BCUT2D eigenvalue weighted by Gasteiger charge is -2.08. The number of nitriles is 1. The summed E-state index contributed by atoms with van der Waals surface area (Å²) in [6, 6.07) is 18.7. The van der Waals surface area contributed by atoms with E-state index in [2.05, 4.69) is 16.4 Å². The zero-order chi connectivity index (χ0) is 20.8. The SMILES string of the molecule is Cc1ccc(-c2ccc(C#N)c(SCCC(=O)Nc3cc(Cl)cc(Cl)c3)n2)cc1. The van der Waals surface area contributed by atoms with Crippen molar-refractivity contribution in [1.29, 1.82) is 5.26 Å². The average molecular weight is 442 g/mol. The number of nitrogens with zero attached hydrogens (tertiary/aromatic N) is 2. The maximum absolute atomic E-state index is 12.2. The number of nitrogens with one attached hydrogen (secondary N) is 1. The Morgan fingerprint density at radius 2 is 1.79 bits per heavy atom. The third kappa shape index (κ3) is 5.98. The summed E-state index contributed by atoms with van der Waals surface area (Å²) in [5.74, 6) is 0.322. The fraction of sp³-hybridized carbons (Fsp3) is 0.136. The molecule has 0 aliphatic carbocycles. The number of anilines is 1. The standard InChI is InChI=1S/C22H17Cl2N3OS/c1-14-2-4-15(5-3-14)20-7-6-16(13-25)22(27-20)29-9-8-21(28)26-19-11-17(23)10-18(24)12-19/h2-7,10-12H,8-9H2,1H3,(H,26,28). The minimum absolute atomic E-state index is 0.163. The van der Waals surface area contributed by atoms with Gasteiger partial charge in [0.1, 0.15) is 11.1 Å². The van der Waals surface area contributed by atoms with Gasteiger partial charge in [-0.25, -0.2) is 4.98 Å². The molecule has 1 aromatic heterocycles. The molecule has 0 unspecified atom stereocenters. The molecule has 0 radical (unpaired) electrons. The largest absolute Gasteiger partial charge is 0.326 e. The molecule has 3 aromatic rings. The van der Waals surface area contributed by atoms with Crippen molar-refractivity contribution < 1.29 is 4.79 Å². The second kappa shape index (κ2) is 9.80. The monoisotopic (exact) mass is 441 g/mol. The van der Waals surface area contributed by atoms with Gasteiger partial charge in [0.25, 0.3) is 0 Å². The maximum atomic E-state index is 12.2. The molecule has 2 aromatic carbocycles. The number of aryl methyl sites for hydroxylation is 1. The first-order valence-electron chi connectivity index (χ1n) is 8.81. The van der Waals surface area contributed by atoms with Gasteiger partial charge in [0, 0.05) is 33.5 Å². The topological polar surface area (TPSA) is 65.8 Å². The fourth-order valence-electron chi connectivity index (χ4n) is 2.61. The van der Waals surface area contributed by atoms with Crippen LogP contribution in [0.3, 0.4) is 0 Å². The number of carbonyl (C=O) groups excluding carboxylic acids is 1. The van der Waals surface area contributed by atoms with Crippen molar-refractivity contribution in [3.8, 4) is 17.3 Å². The molecular formula is C22H17Cl2N3OS. The normalized spacial score (nSPS) is 10.4. The van der Waals surface area contributed by atoms with Crippen LogP contribution in [0.25, 0.3) is 11.3 Å². The van der Waals surface area contributed by atoms with E-state index in [0.29, 0.717) is 32.1 Å². The van der Waals surface area contributed by atoms with E-state index in [-0.39, 0.29) is 12.3 Å². The van der Waals surface area contributed by atoms with Crippen LogP contribution in [0.4, 0.5) is 5.69 Å². The molecule has 0 bridgehead atoms. The molecule has 0 fully saturated rings. The predicted octanol–water partition coefficient (Wildman–Crippen LogP) is 6.36. The van der Waals surface area contributed by atoms with Gasteiger partial charge in [-0.3, -0.25) is 4.79 Å². The summed E-state index contributed by atoms with van der Waals surface area (Å²) in [4.78, 5) is 16.8. The Hall–Kier alpha value is -2.52. The van der Waals surface area contributed by atoms with Crippen LogP contribution in [-0.2, 0) is 4.79 Å². The van der Waals surface area contributed by atoms with Crippen LogP contribution in [-0.4, -0.2) is 16.6 Å². The van der Waals surface area contributed by atoms with E-state index >= 15 is 0 Å². The van der Waals surface area contributed by atoms with E-state index in [1.807, 2.05) is 37.3 Å². The summed E-state index contributed by atoms with van der Waals surface area (Å²) in [7, 11) is 0. The van der Waals surface area contributed by atoms with E-state index in [0.717, 1.165) is 11.3 Å². The van der Waals surface area contributed by atoms with Gasteiger partial charge in [-0.2, -0.15) is 5.26 Å². The third-order valence-corrected chi connectivity index (χ3v) is 5.47. The molecule has 1 amide bonds. The highest BCUT2D eigenvalue weighted by atomic mass is 35.5. The first-order valence-corrected chi connectivity index (χ1v) is 10.6. The van der Waals surface area contributed by atoms with Gasteiger partial charge in [-0.15, -0.1) is 11.8 Å². The Kier molecular flexibility index (Phi) is 7.16. The van der Waals surface area contributed by atoms with E-state index in [1.165, 1.54) is 17.3 Å². The van der Waals surface area contributed by atoms with Gasteiger partial charge in [0.15, 0.2) is 0 Å². The van der Waals surface area contributed by atoms with Crippen LogP contribution < -0.4 is 5.32 Å². The second-order valence-electron chi connectivity index (χ2n) is 6.33. The zero-order valence-electron chi connectivity index (χ0n) is 15.6. The van der Waals surface area contributed by atoms with Crippen molar-refractivity contribution >= 4 is 46.6 Å². The van der Waals surface area contributed by atoms with Crippen molar-refractivity contribution in [1.82, 2.24) is 4.98 Å². The molecule has 0 saturated carbocycles. The van der Waals surface area contributed by atoms with Crippen LogP contribution in [0.2, 0.25) is 10.0 Å². The number of benzene rings is 2. The highest BCUT2D eigenvalue weighted by molar-refractivity contribution is 7.99. The van der Waals surface area contributed by atoms with Gasteiger partial charge in [0.2, 0.25) is 5.91 Å². The smallest absolute Gasteiger partial charge is 0.225 e. The van der Waals surface area contributed by atoms with Crippen molar-refractivity contribution in [3.05, 3.63) is 75.8 Å². The molecular weight excluding hydrogens is 425 g/mol. The van der Waals surface area contributed by atoms with Gasteiger partial charge < -0.3 is 5.32 Å². The molecule has 0 spiro atoms. The molecule has 146 valence electrons. The van der Waals surface area contributed by atoms with Gasteiger partial charge in [-0.1, -0.05) is 53.0 Å². The van der Waals surface area contributed by atoms with Crippen LogP contribution in [0, 0.1) is 18.3 Å². The lowest BCUT2D eigenvalue weighted by Crippen LogP contribution is -2.12.